The van der Waals surface area contributed by atoms with E-state index in [1.54, 1.807) is 42.5 Å². The Hall–Kier alpha value is -2.97. The Morgan fingerprint density at radius 1 is 1.03 bits per heavy atom. The maximum Gasteiger partial charge on any atom is 0.267 e. The fraction of sp³-hybridized carbons (Fsp3) is 0.130. The second kappa shape index (κ2) is 10.9. The van der Waals surface area contributed by atoms with E-state index in [1.165, 1.54) is 11.3 Å². The van der Waals surface area contributed by atoms with Gasteiger partial charge < -0.3 is 20.8 Å². The molecule has 1 atom stereocenters. The molecule has 1 heterocycles. The molecule has 0 saturated heterocycles. The predicted octanol–water partition coefficient (Wildman–Crippen LogP) is 3.31. The quantitative estimate of drug-likeness (QED) is 0.391. The van der Waals surface area contributed by atoms with Gasteiger partial charge in [-0.05, 0) is 36.4 Å². The summed E-state index contributed by atoms with van der Waals surface area (Å²) in [6.07, 6.45) is 0.468. The highest BCUT2D eigenvalue weighted by atomic mass is 35.5. The summed E-state index contributed by atoms with van der Waals surface area (Å²) >= 11 is 7.69. The van der Waals surface area contributed by atoms with E-state index in [9.17, 15) is 14.7 Å². The van der Waals surface area contributed by atoms with E-state index < -0.39 is 24.5 Å². The van der Waals surface area contributed by atoms with Crippen LogP contribution in [0.15, 0.2) is 72.4 Å². The maximum atomic E-state index is 12.7. The van der Waals surface area contributed by atoms with Crippen molar-refractivity contribution in [3.8, 4) is 10.4 Å². The summed E-state index contributed by atoms with van der Waals surface area (Å²) in [6.45, 7) is -0.634. The Kier molecular flexibility index (Phi) is 7.97. The van der Waals surface area contributed by atoms with E-state index in [0.717, 1.165) is 15.3 Å². The largest absolute Gasteiger partial charge is 0.394 e. The van der Waals surface area contributed by atoms with Crippen LogP contribution in [0.2, 0.25) is 5.02 Å². The van der Waals surface area contributed by atoms with Gasteiger partial charge in [0.05, 0.1) is 12.7 Å². The number of thiophene rings is 1. The summed E-state index contributed by atoms with van der Waals surface area (Å²) in [7, 11) is 0. The number of halogens is 1. The molecule has 0 aliphatic heterocycles. The molecule has 4 N–H and O–H groups in total. The number of aliphatic hydroxyl groups is 2. The van der Waals surface area contributed by atoms with Crippen molar-refractivity contribution in [1.29, 1.82) is 0 Å². The Labute approximate surface area is 188 Å². The number of carbonyl (C=O) groups excluding carboxylic acids is 2. The van der Waals surface area contributed by atoms with Crippen molar-refractivity contribution in [2.75, 3.05) is 13.2 Å². The van der Waals surface area contributed by atoms with Gasteiger partial charge in [-0.15, -0.1) is 11.3 Å². The molecule has 3 rings (SSSR count). The average molecular weight is 457 g/mol. The molecule has 8 heteroatoms. The van der Waals surface area contributed by atoms with Gasteiger partial charge in [-0.3, -0.25) is 9.59 Å². The Morgan fingerprint density at radius 2 is 1.74 bits per heavy atom. The van der Waals surface area contributed by atoms with Crippen molar-refractivity contribution in [2.24, 2.45) is 0 Å². The molecule has 6 nitrogen and oxygen atoms in total. The molecule has 1 aromatic heterocycles. The molecule has 2 amide bonds. The van der Waals surface area contributed by atoms with Crippen LogP contribution in [0, 0.1) is 0 Å². The van der Waals surface area contributed by atoms with Gasteiger partial charge in [-0.1, -0.05) is 48.0 Å². The summed E-state index contributed by atoms with van der Waals surface area (Å²) in [5.74, 6) is -1.02. The van der Waals surface area contributed by atoms with Gasteiger partial charge in [-0.2, -0.15) is 0 Å². The summed E-state index contributed by atoms with van der Waals surface area (Å²) in [5, 5.41) is 24.2. The third kappa shape index (κ3) is 6.26. The number of hydrogen-bond donors (Lipinski definition) is 4. The Bertz CT molecular complexity index is 1080. The van der Waals surface area contributed by atoms with Gasteiger partial charge >= 0.3 is 0 Å². The lowest BCUT2D eigenvalue weighted by molar-refractivity contribution is -0.118. The molecule has 1 unspecified atom stereocenters. The zero-order chi connectivity index (χ0) is 22.2. The van der Waals surface area contributed by atoms with Crippen LogP contribution in [-0.4, -0.2) is 41.3 Å². The Balaban J connectivity index is 1.86. The molecule has 0 aliphatic rings. The normalized spacial score (nSPS) is 12.3. The van der Waals surface area contributed by atoms with E-state index in [2.05, 4.69) is 10.6 Å². The number of amides is 2. The van der Waals surface area contributed by atoms with E-state index in [0.29, 0.717) is 10.6 Å². The third-order valence-electron chi connectivity index (χ3n) is 4.29. The minimum absolute atomic E-state index is 0.0200. The summed E-state index contributed by atoms with van der Waals surface area (Å²) in [5.41, 5.74) is 1.30. The van der Waals surface area contributed by atoms with Crippen LogP contribution in [0.1, 0.15) is 15.2 Å². The predicted molar refractivity (Wildman–Crippen MR) is 123 cm³/mol. The zero-order valence-corrected chi connectivity index (χ0v) is 18.0. The van der Waals surface area contributed by atoms with Crippen molar-refractivity contribution in [2.45, 2.75) is 6.10 Å². The standard InChI is InChI=1S/C23H21ClN2O4S/c24-19-9-5-4-8-18(19)21-11-10-17(31-21)12-20(23(30)25-13-16(28)14-27)26-22(29)15-6-2-1-3-7-15/h1-12,16,27-28H,13-14H2,(H,25,30)(H,26,29). The molecule has 0 fully saturated rings. The fourth-order valence-electron chi connectivity index (χ4n) is 2.69. The first-order chi connectivity index (χ1) is 15.0. The van der Waals surface area contributed by atoms with Crippen molar-refractivity contribution >= 4 is 40.8 Å². The number of hydrogen-bond acceptors (Lipinski definition) is 5. The Morgan fingerprint density at radius 3 is 2.45 bits per heavy atom. The SMILES string of the molecule is O=C(NCC(O)CO)C(=Cc1ccc(-c2ccccc2Cl)s1)NC(=O)c1ccccc1. The van der Waals surface area contributed by atoms with Crippen LogP contribution < -0.4 is 10.6 Å². The molecule has 3 aromatic rings. The van der Waals surface area contributed by atoms with Gasteiger partial charge in [0.1, 0.15) is 5.70 Å². The van der Waals surface area contributed by atoms with E-state index in [1.807, 2.05) is 30.3 Å². The van der Waals surface area contributed by atoms with E-state index in [-0.39, 0.29) is 12.2 Å². The highest BCUT2D eigenvalue weighted by Crippen LogP contribution is 2.33. The first kappa shape index (κ1) is 22.7. The molecule has 31 heavy (non-hydrogen) atoms. The number of benzene rings is 2. The molecule has 2 aromatic carbocycles. The van der Waals surface area contributed by atoms with Gasteiger partial charge in [0.2, 0.25) is 0 Å². The number of rotatable bonds is 8. The monoisotopic (exact) mass is 456 g/mol. The minimum Gasteiger partial charge on any atom is -0.394 e. The van der Waals surface area contributed by atoms with Crippen molar-refractivity contribution in [3.63, 3.8) is 0 Å². The van der Waals surface area contributed by atoms with Gasteiger partial charge in [-0.25, -0.2) is 0 Å². The van der Waals surface area contributed by atoms with Crippen molar-refractivity contribution in [1.82, 2.24) is 10.6 Å². The van der Waals surface area contributed by atoms with Crippen LogP contribution in [0.25, 0.3) is 16.5 Å². The molecular formula is C23H21ClN2O4S. The van der Waals surface area contributed by atoms with Gasteiger partial charge in [0, 0.05) is 32.4 Å². The van der Waals surface area contributed by atoms with Gasteiger partial charge in [0.25, 0.3) is 11.8 Å². The lowest BCUT2D eigenvalue weighted by Crippen LogP contribution is -2.39. The molecule has 160 valence electrons. The second-order valence-corrected chi connectivity index (χ2v) is 8.13. The van der Waals surface area contributed by atoms with Crippen LogP contribution in [0.5, 0.6) is 0 Å². The highest BCUT2D eigenvalue weighted by Gasteiger charge is 2.16. The fourth-order valence-corrected chi connectivity index (χ4v) is 3.98. The van der Waals surface area contributed by atoms with Crippen LogP contribution in [0.4, 0.5) is 0 Å². The van der Waals surface area contributed by atoms with Crippen LogP contribution in [-0.2, 0) is 4.79 Å². The van der Waals surface area contributed by atoms with Crippen LogP contribution in [0.3, 0.4) is 0 Å². The first-order valence-electron chi connectivity index (χ1n) is 9.48. The summed E-state index contributed by atoms with van der Waals surface area (Å²) in [6, 6.07) is 19.7. The molecule has 0 bridgehead atoms. The lowest BCUT2D eigenvalue weighted by Gasteiger charge is -2.12. The second-order valence-electron chi connectivity index (χ2n) is 6.61. The summed E-state index contributed by atoms with van der Waals surface area (Å²) < 4.78 is 0. The molecular weight excluding hydrogens is 436 g/mol. The minimum atomic E-state index is -1.09. The zero-order valence-electron chi connectivity index (χ0n) is 16.4. The lowest BCUT2D eigenvalue weighted by atomic mass is 10.2. The number of carbonyl (C=O) groups is 2. The highest BCUT2D eigenvalue weighted by molar-refractivity contribution is 7.16. The first-order valence-corrected chi connectivity index (χ1v) is 10.7. The number of nitrogens with one attached hydrogen (secondary N) is 2. The summed E-state index contributed by atoms with van der Waals surface area (Å²) in [4.78, 5) is 26.9. The molecule has 0 spiro atoms. The van der Waals surface area contributed by atoms with Gasteiger partial charge in [0.15, 0.2) is 0 Å². The smallest absolute Gasteiger partial charge is 0.267 e. The molecule has 0 radical (unpaired) electrons. The van der Waals surface area contributed by atoms with Crippen molar-refractivity contribution in [3.05, 3.63) is 87.9 Å². The third-order valence-corrected chi connectivity index (χ3v) is 5.69. The number of aliphatic hydroxyl groups excluding tert-OH is 2. The maximum absolute atomic E-state index is 12.7. The van der Waals surface area contributed by atoms with E-state index >= 15 is 0 Å². The molecule has 0 saturated carbocycles. The van der Waals surface area contributed by atoms with Crippen molar-refractivity contribution < 1.29 is 19.8 Å². The molecule has 0 aliphatic carbocycles. The topological polar surface area (TPSA) is 98.7 Å². The average Bonchev–Trinajstić information content (AvgIpc) is 3.25. The van der Waals surface area contributed by atoms with E-state index in [4.69, 9.17) is 16.7 Å². The van der Waals surface area contributed by atoms with Crippen LogP contribution >= 0.6 is 22.9 Å².